The molecular formula is C20H19FN4O4S. The molecule has 156 valence electrons. The van der Waals surface area contributed by atoms with Gasteiger partial charge in [-0.25, -0.2) is 9.37 Å². The molecule has 2 heterocycles. The molecule has 0 bridgehead atoms. The number of carbonyl (C=O) groups is 1. The molecule has 30 heavy (non-hydrogen) atoms. The number of fused-ring (bicyclic) bond motifs is 1. The van der Waals surface area contributed by atoms with E-state index in [0.29, 0.717) is 28.4 Å². The molecule has 1 N–H and O–H groups in total. The number of thioether (sulfide) groups is 1. The number of hydrogen-bond acceptors (Lipinski definition) is 6. The van der Waals surface area contributed by atoms with Gasteiger partial charge in [-0.05, 0) is 43.2 Å². The topological polar surface area (TPSA) is 99.3 Å². The van der Waals surface area contributed by atoms with Gasteiger partial charge in [-0.15, -0.1) is 0 Å². The summed E-state index contributed by atoms with van der Waals surface area (Å²) in [5.41, 5.74) is 1.64. The SMILES string of the molecule is O=C(CSc1nc2cc([N+](=O)[O-])ccc2n1-c1ccc(F)cc1)NC[C@@H]1CCCO1. The first-order valence-corrected chi connectivity index (χ1v) is 10.4. The highest BCUT2D eigenvalue weighted by Gasteiger charge is 2.19. The van der Waals surface area contributed by atoms with E-state index in [0.717, 1.165) is 19.4 Å². The van der Waals surface area contributed by atoms with Gasteiger partial charge in [-0.1, -0.05) is 11.8 Å². The molecule has 2 aromatic carbocycles. The molecule has 0 aliphatic carbocycles. The normalized spacial score (nSPS) is 16.1. The van der Waals surface area contributed by atoms with Crippen LogP contribution in [0.5, 0.6) is 0 Å². The predicted molar refractivity (Wildman–Crippen MR) is 110 cm³/mol. The minimum atomic E-state index is -0.484. The number of nitro benzene ring substituents is 1. The number of ether oxygens (including phenoxy) is 1. The highest BCUT2D eigenvalue weighted by atomic mass is 32.2. The summed E-state index contributed by atoms with van der Waals surface area (Å²) in [5, 5.41) is 14.4. The van der Waals surface area contributed by atoms with Crippen molar-refractivity contribution in [2.75, 3.05) is 18.9 Å². The molecule has 1 fully saturated rings. The lowest BCUT2D eigenvalue weighted by molar-refractivity contribution is -0.384. The van der Waals surface area contributed by atoms with E-state index in [-0.39, 0.29) is 29.3 Å². The van der Waals surface area contributed by atoms with Gasteiger partial charge in [-0.3, -0.25) is 19.5 Å². The van der Waals surface area contributed by atoms with Crippen LogP contribution < -0.4 is 5.32 Å². The monoisotopic (exact) mass is 430 g/mol. The Kier molecular flexibility index (Phi) is 5.96. The van der Waals surface area contributed by atoms with Crippen LogP contribution in [0.4, 0.5) is 10.1 Å². The van der Waals surface area contributed by atoms with Crippen molar-refractivity contribution in [1.82, 2.24) is 14.9 Å². The molecular weight excluding hydrogens is 411 g/mol. The number of halogens is 1. The number of nitro groups is 1. The zero-order valence-corrected chi connectivity index (χ0v) is 16.7. The number of nitrogens with one attached hydrogen (secondary N) is 1. The summed E-state index contributed by atoms with van der Waals surface area (Å²) in [6.45, 7) is 1.20. The second kappa shape index (κ2) is 8.80. The molecule has 4 rings (SSSR count). The van der Waals surface area contributed by atoms with Gasteiger partial charge in [-0.2, -0.15) is 0 Å². The van der Waals surface area contributed by atoms with Crippen LogP contribution in [0.1, 0.15) is 12.8 Å². The summed E-state index contributed by atoms with van der Waals surface area (Å²) < 4.78 is 20.6. The molecule has 0 radical (unpaired) electrons. The fourth-order valence-corrected chi connectivity index (χ4v) is 4.17. The summed E-state index contributed by atoms with van der Waals surface area (Å²) in [6, 6.07) is 10.2. The Bertz CT molecular complexity index is 1080. The van der Waals surface area contributed by atoms with Crippen molar-refractivity contribution in [3.05, 3.63) is 58.4 Å². The van der Waals surface area contributed by atoms with Gasteiger partial charge in [0.25, 0.3) is 5.69 Å². The zero-order valence-electron chi connectivity index (χ0n) is 15.9. The number of non-ortho nitro benzene ring substituents is 1. The van der Waals surface area contributed by atoms with Crippen LogP contribution in [0.15, 0.2) is 47.6 Å². The third-order valence-electron chi connectivity index (χ3n) is 4.79. The van der Waals surface area contributed by atoms with Crippen LogP contribution in [-0.4, -0.2) is 45.4 Å². The fraction of sp³-hybridized carbons (Fsp3) is 0.300. The minimum absolute atomic E-state index is 0.0586. The van der Waals surface area contributed by atoms with Crippen LogP contribution in [0.25, 0.3) is 16.7 Å². The quantitative estimate of drug-likeness (QED) is 0.350. The number of imidazole rings is 1. The maximum Gasteiger partial charge on any atom is 0.271 e. The molecule has 1 atom stereocenters. The summed E-state index contributed by atoms with van der Waals surface area (Å²) in [5.74, 6) is -0.403. The summed E-state index contributed by atoms with van der Waals surface area (Å²) >= 11 is 1.21. The Morgan fingerprint density at radius 2 is 2.13 bits per heavy atom. The Hall–Kier alpha value is -2.98. The van der Waals surface area contributed by atoms with Crippen molar-refractivity contribution in [2.45, 2.75) is 24.1 Å². The zero-order chi connectivity index (χ0) is 21.1. The Labute approximate surface area is 175 Å². The smallest absolute Gasteiger partial charge is 0.271 e. The minimum Gasteiger partial charge on any atom is -0.376 e. The number of aromatic nitrogens is 2. The highest BCUT2D eigenvalue weighted by molar-refractivity contribution is 7.99. The molecule has 3 aromatic rings. The van der Waals surface area contributed by atoms with Gasteiger partial charge in [0.1, 0.15) is 5.82 Å². The molecule has 1 aliphatic rings. The number of rotatable bonds is 7. The largest absolute Gasteiger partial charge is 0.376 e. The number of nitrogens with zero attached hydrogens (tertiary/aromatic N) is 3. The third kappa shape index (κ3) is 4.44. The van der Waals surface area contributed by atoms with Crippen LogP contribution >= 0.6 is 11.8 Å². The number of hydrogen-bond donors (Lipinski definition) is 1. The highest BCUT2D eigenvalue weighted by Crippen LogP contribution is 2.30. The Balaban J connectivity index is 1.58. The van der Waals surface area contributed by atoms with E-state index in [9.17, 15) is 19.3 Å². The lowest BCUT2D eigenvalue weighted by Gasteiger charge is -2.11. The van der Waals surface area contributed by atoms with Gasteiger partial charge in [0, 0.05) is 31.0 Å². The van der Waals surface area contributed by atoms with Crippen molar-refractivity contribution < 1.29 is 18.8 Å². The summed E-state index contributed by atoms with van der Waals surface area (Å²) in [4.78, 5) is 27.4. The lowest BCUT2D eigenvalue weighted by Crippen LogP contribution is -2.32. The average Bonchev–Trinajstić information content (AvgIpc) is 3.38. The van der Waals surface area contributed by atoms with Crippen LogP contribution in [0, 0.1) is 15.9 Å². The first-order valence-electron chi connectivity index (χ1n) is 9.45. The number of carbonyl (C=O) groups excluding carboxylic acids is 1. The van der Waals surface area contributed by atoms with Crippen LogP contribution in [0.2, 0.25) is 0 Å². The molecule has 0 unspecified atom stereocenters. The van der Waals surface area contributed by atoms with Crippen LogP contribution in [-0.2, 0) is 9.53 Å². The molecule has 0 spiro atoms. The first kappa shape index (κ1) is 20.3. The molecule has 0 saturated carbocycles. The maximum atomic E-state index is 13.4. The van der Waals surface area contributed by atoms with E-state index in [1.54, 1.807) is 22.8 Å². The molecule has 10 heteroatoms. The van der Waals surface area contributed by atoms with Crippen molar-refractivity contribution >= 4 is 34.4 Å². The second-order valence-electron chi connectivity index (χ2n) is 6.86. The summed E-state index contributed by atoms with van der Waals surface area (Å²) in [7, 11) is 0. The fourth-order valence-electron chi connectivity index (χ4n) is 3.31. The Morgan fingerprint density at radius 3 is 2.83 bits per heavy atom. The molecule has 1 saturated heterocycles. The molecule has 1 amide bonds. The van der Waals surface area contributed by atoms with Gasteiger partial charge in [0.15, 0.2) is 5.16 Å². The molecule has 1 aromatic heterocycles. The van der Waals surface area contributed by atoms with E-state index >= 15 is 0 Å². The van der Waals surface area contributed by atoms with Crippen molar-refractivity contribution in [3.63, 3.8) is 0 Å². The first-order chi connectivity index (χ1) is 14.5. The van der Waals surface area contributed by atoms with Gasteiger partial charge >= 0.3 is 0 Å². The van der Waals surface area contributed by atoms with E-state index in [1.807, 2.05) is 0 Å². The molecule has 1 aliphatic heterocycles. The number of amides is 1. The van der Waals surface area contributed by atoms with Gasteiger partial charge < -0.3 is 10.1 Å². The molecule has 8 nitrogen and oxygen atoms in total. The maximum absolute atomic E-state index is 13.4. The number of benzene rings is 2. The van der Waals surface area contributed by atoms with Gasteiger partial charge in [0.2, 0.25) is 5.91 Å². The van der Waals surface area contributed by atoms with E-state index in [1.165, 1.54) is 36.0 Å². The Morgan fingerprint density at radius 1 is 1.33 bits per heavy atom. The summed E-state index contributed by atoms with van der Waals surface area (Å²) in [6.07, 6.45) is 2.00. The van der Waals surface area contributed by atoms with E-state index in [4.69, 9.17) is 4.74 Å². The van der Waals surface area contributed by atoms with Crippen molar-refractivity contribution in [2.24, 2.45) is 0 Å². The van der Waals surface area contributed by atoms with E-state index in [2.05, 4.69) is 10.3 Å². The lowest BCUT2D eigenvalue weighted by atomic mass is 10.2. The van der Waals surface area contributed by atoms with Crippen molar-refractivity contribution in [3.8, 4) is 5.69 Å². The third-order valence-corrected chi connectivity index (χ3v) is 5.72. The predicted octanol–water partition coefficient (Wildman–Crippen LogP) is 3.46. The average molecular weight is 430 g/mol. The second-order valence-corrected chi connectivity index (χ2v) is 7.81. The van der Waals surface area contributed by atoms with Gasteiger partial charge in [0.05, 0.1) is 27.8 Å². The van der Waals surface area contributed by atoms with E-state index < -0.39 is 4.92 Å². The van der Waals surface area contributed by atoms with Crippen LogP contribution in [0.3, 0.4) is 0 Å². The standard InChI is InChI=1S/C20H19FN4O4S/c21-13-3-5-14(6-4-13)24-18-8-7-15(25(27)28)10-17(18)23-20(24)30-12-19(26)22-11-16-2-1-9-29-16/h3-8,10,16H,1-2,9,11-12H2,(H,22,26)/t16-/m0/s1. The van der Waals surface area contributed by atoms with Crippen molar-refractivity contribution in [1.29, 1.82) is 0 Å².